The molecule has 188 valence electrons. The molecule has 3 N–H and O–H groups in total. The van der Waals surface area contributed by atoms with Crippen LogP contribution >= 0.6 is 0 Å². The number of carbonyl (C=O) groups excluding carboxylic acids is 2. The van der Waals surface area contributed by atoms with E-state index >= 15 is 0 Å². The highest BCUT2D eigenvalue weighted by molar-refractivity contribution is 5.88. The second-order valence-corrected chi connectivity index (χ2v) is 9.53. The van der Waals surface area contributed by atoms with E-state index in [2.05, 4.69) is 25.3 Å². The number of aromatic nitrogens is 3. The molecule has 2 fully saturated rings. The molecular formula is C26H31N7O3. The molecule has 0 radical (unpaired) electrons. The SMILES string of the molecule is CC(=O)Nc1ccc(CN2CCC[C@H]2c2nc(-c3ccnc(N4CCC(C(N)=O)CC4)c3)no2)cc1. The van der Waals surface area contributed by atoms with E-state index < -0.39 is 0 Å². The van der Waals surface area contributed by atoms with E-state index in [9.17, 15) is 9.59 Å². The number of nitrogens with one attached hydrogen (secondary N) is 1. The summed E-state index contributed by atoms with van der Waals surface area (Å²) in [4.78, 5) is 36.5. The van der Waals surface area contributed by atoms with Crippen LogP contribution < -0.4 is 16.0 Å². The summed E-state index contributed by atoms with van der Waals surface area (Å²) in [6.45, 7) is 4.71. The van der Waals surface area contributed by atoms with Gasteiger partial charge in [-0.05, 0) is 62.1 Å². The number of likely N-dealkylation sites (tertiary alicyclic amines) is 1. The van der Waals surface area contributed by atoms with Gasteiger partial charge in [-0.1, -0.05) is 17.3 Å². The van der Waals surface area contributed by atoms with Gasteiger partial charge in [0, 0.05) is 49.9 Å². The van der Waals surface area contributed by atoms with Crippen LogP contribution in [0.3, 0.4) is 0 Å². The Bertz CT molecular complexity index is 1220. The molecular weight excluding hydrogens is 458 g/mol. The monoisotopic (exact) mass is 489 g/mol. The van der Waals surface area contributed by atoms with E-state index in [1.54, 1.807) is 6.20 Å². The first-order valence-electron chi connectivity index (χ1n) is 12.4. The first-order chi connectivity index (χ1) is 17.5. The van der Waals surface area contributed by atoms with Gasteiger partial charge in [-0.2, -0.15) is 4.98 Å². The average Bonchev–Trinajstić information content (AvgIpc) is 3.55. The Kier molecular flexibility index (Phi) is 6.95. The zero-order valence-corrected chi connectivity index (χ0v) is 20.4. The predicted octanol–water partition coefficient (Wildman–Crippen LogP) is 3.13. The lowest BCUT2D eigenvalue weighted by Crippen LogP contribution is -2.38. The van der Waals surface area contributed by atoms with E-state index in [1.807, 2.05) is 36.4 Å². The molecule has 2 aromatic heterocycles. The molecule has 0 aliphatic carbocycles. The van der Waals surface area contributed by atoms with Crippen molar-refractivity contribution in [2.45, 2.75) is 45.2 Å². The Labute approximate surface area is 209 Å². The van der Waals surface area contributed by atoms with Crippen molar-refractivity contribution in [2.24, 2.45) is 11.7 Å². The lowest BCUT2D eigenvalue weighted by molar-refractivity contribution is -0.122. The molecule has 36 heavy (non-hydrogen) atoms. The van der Waals surface area contributed by atoms with Gasteiger partial charge in [-0.15, -0.1) is 0 Å². The highest BCUT2D eigenvalue weighted by Crippen LogP contribution is 2.34. The maximum absolute atomic E-state index is 11.5. The summed E-state index contributed by atoms with van der Waals surface area (Å²) in [5, 5.41) is 7.07. The number of hydrogen-bond acceptors (Lipinski definition) is 8. The number of nitrogens with zero attached hydrogens (tertiary/aromatic N) is 5. The van der Waals surface area contributed by atoms with Crippen LogP contribution in [-0.4, -0.2) is 51.5 Å². The van der Waals surface area contributed by atoms with Crippen LogP contribution in [0.4, 0.5) is 11.5 Å². The van der Waals surface area contributed by atoms with Gasteiger partial charge < -0.3 is 20.5 Å². The van der Waals surface area contributed by atoms with Crippen molar-refractivity contribution in [3.63, 3.8) is 0 Å². The average molecular weight is 490 g/mol. The quantitative estimate of drug-likeness (QED) is 0.518. The molecule has 0 unspecified atom stereocenters. The summed E-state index contributed by atoms with van der Waals surface area (Å²) in [6, 6.07) is 11.8. The smallest absolute Gasteiger partial charge is 0.244 e. The van der Waals surface area contributed by atoms with Gasteiger partial charge in [0.05, 0.1) is 6.04 Å². The molecule has 2 amide bonds. The molecule has 5 rings (SSSR count). The van der Waals surface area contributed by atoms with E-state index in [4.69, 9.17) is 15.2 Å². The maximum atomic E-state index is 11.5. The van der Waals surface area contributed by atoms with Crippen LogP contribution in [0, 0.1) is 5.92 Å². The highest BCUT2D eigenvalue weighted by Gasteiger charge is 2.31. The van der Waals surface area contributed by atoms with Crippen molar-refractivity contribution in [3.05, 3.63) is 54.0 Å². The van der Waals surface area contributed by atoms with Crippen molar-refractivity contribution in [2.75, 3.05) is 29.9 Å². The standard InChI is InChI=1S/C26H31N7O3/c1-17(34)29-21-6-4-18(5-7-21)16-33-12-2-3-22(33)26-30-25(31-36-26)20-8-11-28-23(15-20)32-13-9-19(10-14-32)24(27)35/h4-8,11,15,19,22H,2-3,9-10,12-14,16H2,1H3,(H2,27,35)(H,29,34)/t22-/m0/s1. The molecule has 10 heteroatoms. The summed E-state index contributed by atoms with van der Waals surface area (Å²) < 4.78 is 5.72. The van der Waals surface area contributed by atoms with Crippen molar-refractivity contribution in [3.8, 4) is 11.4 Å². The molecule has 2 aliphatic heterocycles. The zero-order chi connectivity index (χ0) is 25.1. The Balaban J connectivity index is 1.26. The first-order valence-corrected chi connectivity index (χ1v) is 12.4. The maximum Gasteiger partial charge on any atom is 0.244 e. The normalized spacial score (nSPS) is 18.9. The minimum atomic E-state index is -0.223. The number of anilines is 2. The third kappa shape index (κ3) is 5.38. The summed E-state index contributed by atoms with van der Waals surface area (Å²) in [5.74, 6) is 1.65. The largest absolute Gasteiger partial charge is 0.369 e. The van der Waals surface area contributed by atoms with E-state index in [0.29, 0.717) is 11.7 Å². The zero-order valence-electron chi connectivity index (χ0n) is 20.4. The van der Waals surface area contributed by atoms with Gasteiger partial charge in [0.1, 0.15) is 5.82 Å². The minimum absolute atomic E-state index is 0.0614. The number of hydrogen-bond donors (Lipinski definition) is 2. The Morgan fingerprint density at radius 1 is 1.11 bits per heavy atom. The summed E-state index contributed by atoms with van der Waals surface area (Å²) in [5.41, 5.74) is 8.27. The fourth-order valence-corrected chi connectivity index (χ4v) is 5.04. The summed E-state index contributed by atoms with van der Waals surface area (Å²) >= 11 is 0. The van der Waals surface area contributed by atoms with Crippen LogP contribution in [0.15, 0.2) is 47.1 Å². The van der Waals surface area contributed by atoms with Crippen molar-refractivity contribution < 1.29 is 14.1 Å². The second kappa shape index (κ2) is 10.4. The Hall–Kier alpha value is -3.79. The number of rotatable bonds is 7. The highest BCUT2D eigenvalue weighted by atomic mass is 16.5. The number of carbonyl (C=O) groups is 2. The summed E-state index contributed by atoms with van der Waals surface area (Å²) in [6.07, 6.45) is 5.25. The van der Waals surface area contributed by atoms with E-state index in [-0.39, 0.29) is 23.8 Å². The van der Waals surface area contributed by atoms with Gasteiger partial charge in [0.15, 0.2) is 0 Å². The number of nitrogens with two attached hydrogens (primary N) is 1. The van der Waals surface area contributed by atoms with Gasteiger partial charge in [-0.3, -0.25) is 14.5 Å². The third-order valence-corrected chi connectivity index (χ3v) is 6.98. The fraction of sp³-hybridized carbons (Fsp3) is 0.423. The number of piperidine rings is 1. The van der Waals surface area contributed by atoms with E-state index in [1.165, 1.54) is 6.92 Å². The van der Waals surface area contributed by atoms with Crippen molar-refractivity contribution in [1.29, 1.82) is 0 Å². The molecule has 2 aliphatic rings. The lowest BCUT2D eigenvalue weighted by Gasteiger charge is -2.31. The second-order valence-electron chi connectivity index (χ2n) is 9.53. The van der Waals surface area contributed by atoms with Gasteiger partial charge in [0.25, 0.3) is 0 Å². The van der Waals surface area contributed by atoms with Gasteiger partial charge in [0.2, 0.25) is 23.5 Å². The molecule has 0 spiro atoms. The van der Waals surface area contributed by atoms with Crippen LogP contribution in [0.25, 0.3) is 11.4 Å². The summed E-state index contributed by atoms with van der Waals surface area (Å²) in [7, 11) is 0. The molecule has 1 aromatic carbocycles. The molecule has 2 saturated heterocycles. The van der Waals surface area contributed by atoms with Crippen molar-refractivity contribution >= 4 is 23.3 Å². The number of pyridine rings is 1. The molecule has 0 bridgehead atoms. The predicted molar refractivity (Wildman–Crippen MR) is 135 cm³/mol. The number of amides is 2. The minimum Gasteiger partial charge on any atom is -0.369 e. The third-order valence-electron chi connectivity index (χ3n) is 6.98. The first kappa shape index (κ1) is 23.9. The molecule has 3 aromatic rings. The topological polar surface area (TPSA) is 130 Å². The lowest BCUT2D eigenvalue weighted by atomic mass is 9.96. The van der Waals surface area contributed by atoms with E-state index in [0.717, 1.165) is 74.5 Å². The molecule has 10 nitrogen and oxygen atoms in total. The number of benzene rings is 1. The van der Waals surface area contributed by atoms with Gasteiger partial charge >= 0.3 is 0 Å². The Morgan fingerprint density at radius 3 is 2.61 bits per heavy atom. The molecule has 1 atom stereocenters. The van der Waals surface area contributed by atoms with Gasteiger partial charge in [-0.25, -0.2) is 4.98 Å². The van der Waals surface area contributed by atoms with Crippen molar-refractivity contribution in [1.82, 2.24) is 20.0 Å². The fourth-order valence-electron chi connectivity index (χ4n) is 5.04. The van der Waals surface area contributed by atoms with Crippen LogP contribution in [-0.2, 0) is 16.1 Å². The number of primary amides is 1. The van der Waals surface area contributed by atoms with Crippen LogP contribution in [0.5, 0.6) is 0 Å². The Morgan fingerprint density at radius 2 is 1.89 bits per heavy atom. The molecule has 4 heterocycles. The molecule has 0 saturated carbocycles. The van der Waals surface area contributed by atoms with Crippen LogP contribution in [0.1, 0.15) is 50.1 Å². The van der Waals surface area contributed by atoms with Crippen LogP contribution in [0.2, 0.25) is 0 Å².